The Balaban J connectivity index is 1.79. The lowest BCUT2D eigenvalue weighted by Crippen LogP contribution is -2.41. The van der Waals surface area contributed by atoms with E-state index in [1.807, 2.05) is 6.07 Å². The van der Waals surface area contributed by atoms with Gasteiger partial charge in [0.15, 0.2) is 0 Å². The molecule has 1 aromatic rings. The van der Waals surface area contributed by atoms with Gasteiger partial charge in [0, 0.05) is 30.4 Å². The third-order valence-electron chi connectivity index (χ3n) is 4.04. The van der Waals surface area contributed by atoms with Crippen LogP contribution in [0.1, 0.15) is 39.9 Å². The summed E-state index contributed by atoms with van der Waals surface area (Å²) in [6.07, 6.45) is 3.03. The van der Waals surface area contributed by atoms with Gasteiger partial charge in [-0.1, -0.05) is 6.92 Å². The maximum absolute atomic E-state index is 12.8. The minimum absolute atomic E-state index is 0.208. The number of ether oxygens (including phenoxy) is 1. The fraction of sp³-hybridized carbons (Fsp3) is 0.667. The van der Waals surface area contributed by atoms with E-state index >= 15 is 0 Å². The Morgan fingerprint density at radius 1 is 1.60 bits per heavy atom. The lowest BCUT2D eigenvalue weighted by molar-refractivity contribution is 0.0697. The van der Waals surface area contributed by atoms with Gasteiger partial charge in [0.2, 0.25) is 0 Å². The van der Waals surface area contributed by atoms with Crippen molar-refractivity contribution in [1.29, 1.82) is 0 Å². The van der Waals surface area contributed by atoms with Crippen LogP contribution in [-0.4, -0.2) is 43.1 Å². The Labute approximate surface area is 124 Å². The second-order valence-electron chi connectivity index (χ2n) is 5.51. The molecule has 0 aliphatic carbocycles. The largest absolute Gasteiger partial charge is 0.376 e. The summed E-state index contributed by atoms with van der Waals surface area (Å²) in [5.41, 5.74) is 1.21. The van der Waals surface area contributed by atoms with E-state index < -0.39 is 0 Å². The van der Waals surface area contributed by atoms with E-state index in [1.165, 1.54) is 10.4 Å². The van der Waals surface area contributed by atoms with Crippen LogP contribution in [-0.2, 0) is 17.8 Å². The number of carbonyl (C=O) groups is 1. The van der Waals surface area contributed by atoms with Crippen molar-refractivity contribution in [3.05, 3.63) is 21.4 Å². The van der Waals surface area contributed by atoms with Gasteiger partial charge < -0.3 is 15.0 Å². The van der Waals surface area contributed by atoms with E-state index in [4.69, 9.17) is 4.74 Å². The predicted molar refractivity (Wildman–Crippen MR) is 80.3 cm³/mol. The highest BCUT2D eigenvalue weighted by Crippen LogP contribution is 2.28. The molecule has 1 unspecified atom stereocenters. The summed E-state index contributed by atoms with van der Waals surface area (Å²) in [7, 11) is 0. The molecule has 20 heavy (non-hydrogen) atoms. The van der Waals surface area contributed by atoms with E-state index in [0.29, 0.717) is 12.6 Å². The highest BCUT2D eigenvalue weighted by atomic mass is 32.1. The molecule has 1 aromatic heterocycles. The SMILES string of the molecule is CCCN(C(=O)c1cc2c(s1)CCOC2)C1CCNC1. The first-order chi connectivity index (χ1) is 9.79. The molecule has 0 bridgehead atoms. The lowest BCUT2D eigenvalue weighted by atomic mass is 10.1. The second kappa shape index (κ2) is 6.24. The summed E-state index contributed by atoms with van der Waals surface area (Å²) in [6, 6.07) is 2.41. The first-order valence-electron chi connectivity index (χ1n) is 7.50. The zero-order chi connectivity index (χ0) is 13.9. The molecule has 5 heteroatoms. The van der Waals surface area contributed by atoms with Gasteiger partial charge in [-0.2, -0.15) is 0 Å². The van der Waals surface area contributed by atoms with Gasteiger partial charge in [-0.3, -0.25) is 4.79 Å². The molecule has 1 N–H and O–H groups in total. The molecule has 0 spiro atoms. The Morgan fingerprint density at radius 2 is 2.50 bits per heavy atom. The van der Waals surface area contributed by atoms with Crippen LogP contribution in [0.25, 0.3) is 0 Å². The van der Waals surface area contributed by atoms with Crippen molar-refractivity contribution >= 4 is 17.2 Å². The van der Waals surface area contributed by atoms with Crippen LogP contribution in [0.5, 0.6) is 0 Å². The lowest BCUT2D eigenvalue weighted by Gasteiger charge is -2.27. The van der Waals surface area contributed by atoms with Gasteiger partial charge in [-0.25, -0.2) is 0 Å². The average Bonchev–Trinajstić information content (AvgIpc) is 3.12. The highest BCUT2D eigenvalue weighted by molar-refractivity contribution is 7.14. The number of rotatable bonds is 4. The van der Waals surface area contributed by atoms with E-state index in [0.717, 1.165) is 50.4 Å². The zero-order valence-corrected chi connectivity index (χ0v) is 12.8. The Hall–Kier alpha value is -0.910. The standard InChI is InChI=1S/C15H22N2O2S/c1-2-6-17(12-3-5-16-9-12)15(18)14-8-11-10-19-7-4-13(11)20-14/h8,12,16H,2-7,9-10H2,1H3. The van der Waals surface area contributed by atoms with Crippen molar-refractivity contribution in [2.24, 2.45) is 0 Å². The molecule has 2 aliphatic heterocycles. The zero-order valence-electron chi connectivity index (χ0n) is 12.0. The fourth-order valence-electron chi connectivity index (χ4n) is 2.99. The molecule has 3 rings (SSSR count). The van der Waals surface area contributed by atoms with Crippen molar-refractivity contribution in [2.75, 3.05) is 26.2 Å². The molecule has 0 radical (unpaired) electrons. The van der Waals surface area contributed by atoms with Crippen LogP contribution >= 0.6 is 11.3 Å². The Morgan fingerprint density at radius 3 is 3.20 bits per heavy atom. The van der Waals surface area contributed by atoms with E-state index in [1.54, 1.807) is 11.3 Å². The van der Waals surface area contributed by atoms with Gasteiger partial charge in [0.1, 0.15) is 0 Å². The normalized spacial score (nSPS) is 21.8. The molecule has 0 saturated carbocycles. The Bertz CT molecular complexity index is 457. The minimum atomic E-state index is 0.208. The van der Waals surface area contributed by atoms with E-state index in [2.05, 4.69) is 17.1 Å². The first-order valence-corrected chi connectivity index (χ1v) is 8.32. The molecule has 3 heterocycles. The van der Waals surface area contributed by atoms with Crippen LogP contribution in [0.3, 0.4) is 0 Å². The van der Waals surface area contributed by atoms with Crippen LogP contribution in [0.2, 0.25) is 0 Å². The minimum Gasteiger partial charge on any atom is -0.376 e. The molecule has 0 aromatic carbocycles. The van der Waals surface area contributed by atoms with Crippen molar-refractivity contribution in [2.45, 2.75) is 38.8 Å². The van der Waals surface area contributed by atoms with Crippen molar-refractivity contribution < 1.29 is 9.53 Å². The molecule has 2 aliphatic rings. The molecule has 1 saturated heterocycles. The number of nitrogens with one attached hydrogen (secondary N) is 1. The molecule has 1 fully saturated rings. The number of amides is 1. The van der Waals surface area contributed by atoms with Crippen LogP contribution in [0.15, 0.2) is 6.07 Å². The third kappa shape index (κ3) is 2.75. The average molecular weight is 294 g/mol. The quantitative estimate of drug-likeness (QED) is 0.924. The Kier molecular flexibility index (Phi) is 4.38. The molecule has 4 nitrogen and oxygen atoms in total. The van der Waals surface area contributed by atoms with Crippen molar-refractivity contribution in [3.63, 3.8) is 0 Å². The van der Waals surface area contributed by atoms with Gasteiger partial charge >= 0.3 is 0 Å². The third-order valence-corrected chi connectivity index (χ3v) is 5.26. The van der Waals surface area contributed by atoms with Gasteiger partial charge in [-0.05, 0) is 31.0 Å². The number of carbonyl (C=O) groups excluding carboxylic acids is 1. The summed E-state index contributed by atoms with van der Waals surface area (Å²) in [4.78, 5) is 17.1. The summed E-state index contributed by atoms with van der Waals surface area (Å²) >= 11 is 1.66. The molecule has 1 atom stereocenters. The van der Waals surface area contributed by atoms with Gasteiger partial charge in [0.25, 0.3) is 5.91 Å². The van der Waals surface area contributed by atoms with Crippen LogP contribution in [0.4, 0.5) is 0 Å². The number of hydrogen-bond acceptors (Lipinski definition) is 4. The number of nitrogens with zero attached hydrogens (tertiary/aromatic N) is 1. The van der Waals surface area contributed by atoms with E-state index in [9.17, 15) is 4.79 Å². The summed E-state index contributed by atoms with van der Waals surface area (Å²) < 4.78 is 5.47. The highest BCUT2D eigenvalue weighted by Gasteiger charge is 2.28. The molecular formula is C15H22N2O2S. The maximum atomic E-state index is 12.8. The molecule has 1 amide bonds. The summed E-state index contributed by atoms with van der Waals surface area (Å²) in [6.45, 7) is 6.39. The topological polar surface area (TPSA) is 41.6 Å². The maximum Gasteiger partial charge on any atom is 0.264 e. The fourth-order valence-corrected chi connectivity index (χ4v) is 4.10. The molecule has 110 valence electrons. The van der Waals surface area contributed by atoms with Crippen molar-refractivity contribution in [3.8, 4) is 0 Å². The van der Waals surface area contributed by atoms with Crippen LogP contribution in [0, 0.1) is 0 Å². The molecular weight excluding hydrogens is 272 g/mol. The van der Waals surface area contributed by atoms with Gasteiger partial charge in [-0.15, -0.1) is 11.3 Å². The smallest absolute Gasteiger partial charge is 0.264 e. The predicted octanol–water partition coefficient (Wildman–Crippen LogP) is 2.03. The van der Waals surface area contributed by atoms with Crippen molar-refractivity contribution in [1.82, 2.24) is 10.2 Å². The number of hydrogen-bond donors (Lipinski definition) is 1. The monoisotopic (exact) mass is 294 g/mol. The van der Waals surface area contributed by atoms with Gasteiger partial charge in [0.05, 0.1) is 18.1 Å². The summed E-state index contributed by atoms with van der Waals surface area (Å²) in [5, 5.41) is 3.36. The second-order valence-corrected chi connectivity index (χ2v) is 6.64. The number of fused-ring (bicyclic) bond motifs is 1. The first kappa shape index (κ1) is 14.0. The van der Waals surface area contributed by atoms with Crippen LogP contribution < -0.4 is 5.32 Å². The summed E-state index contributed by atoms with van der Waals surface area (Å²) in [5.74, 6) is 0.208. The number of thiophene rings is 1. The van der Waals surface area contributed by atoms with E-state index in [-0.39, 0.29) is 5.91 Å².